The molecule has 1 fully saturated rings. The van der Waals surface area contributed by atoms with Crippen LogP contribution in [0.5, 0.6) is 0 Å². The van der Waals surface area contributed by atoms with Gasteiger partial charge in [0, 0.05) is 30.3 Å². The number of furan rings is 1. The van der Waals surface area contributed by atoms with Gasteiger partial charge < -0.3 is 14.2 Å². The number of aryl methyl sites for hydroxylation is 1. The lowest BCUT2D eigenvalue weighted by atomic mass is 9.94. The van der Waals surface area contributed by atoms with Crippen molar-refractivity contribution in [2.75, 3.05) is 18.0 Å². The Morgan fingerprint density at radius 3 is 2.32 bits per heavy atom. The zero-order valence-electron chi connectivity index (χ0n) is 17.5. The Kier molecular flexibility index (Phi) is 6.16. The van der Waals surface area contributed by atoms with Crippen LogP contribution < -0.4 is 4.90 Å². The molecule has 2 heterocycles. The highest BCUT2D eigenvalue weighted by atomic mass is 19.1. The smallest absolute Gasteiger partial charge is 0.253 e. The van der Waals surface area contributed by atoms with E-state index in [1.165, 1.54) is 24.3 Å². The van der Waals surface area contributed by atoms with E-state index in [9.17, 15) is 14.0 Å². The summed E-state index contributed by atoms with van der Waals surface area (Å²) in [6.07, 6.45) is 2.78. The monoisotopic (exact) mass is 420 g/mol. The second-order valence-corrected chi connectivity index (χ2v) is 7.91. The maximum Gasteiger partial charge on any atom is 0.253 e. The summed E-state index contributed by atoms with van der Waals surface area (Å²) in [7, 11) is 0. The number of hydrogen-bond donors (Lipinski definition) is 0. The van der Waals surface area contributed by atoms with Gasteiger partial charge in [0.1, 0.15) is 11.6 Å². The molecule has 4 rings (SSSR count). The van der Waals surface area contributed by atoms with E-state index in [0.717, 1.165) is 17.0 Å². The molecule has 0 aliphatic carbocycles. The van der Waals surface area contributed by atoms with E-state index in [1.54, 1.807) is 16.1 Å². The number of amides is 2. The summed E-state index contributed by atoms with van der Waals surface area (Å²) < 4.78 is 18.6. The molecule has 1 aromatic heterocycles. The fraction of sp³-hybridized carbons (Fsp3) is 0.280. The molecule has 0 spiro atoms. The second-order valence-electron chi connectivity index (χ2n) is 7.91. The molecule has 31 heavy (non-hydrogen) atoms. The Labute approximate surface area is 181 Å². The van der Waals surface area contributed by atoms with Crippen LogP contribution in [0.15, 0.2) is 71.3 Å². The largest absolute Gasteiger partial charge is 0.467 e. The standard InChI is InChI=1S/C25H25FN2O3/c1-18-4-10-22(11-5-18)28(17-23-3-2-16-31-23)25(30)20-12-14-27(15-13-20)24(29)19-6-8-21(26)9-7-19/h2-11,16,20H,12-15,17H2,1H3. The Morgan fingerprint density at radius 2 is 1.71 bits per heavy atom. The van der Waals surface area contributed by atoms with Gasteiger partial charge in [-0.05, 0) is 68.3 Å². The van der Waals surface area contributed by atoms with Gasteiger partial charge in [0.2, 0.25) is 5.91 Å². The van der Waals surface area contributed by atoms with Crippen molar-refractivity contribution in [1.82, 2.24) is 4.90 Å². The summed E-state index contributed by atoms with van der Waals surface area (Å²) in [5.41, 5.74) is 2.42. The van der Waals surface area contributed by atoms with Crippen molar-refractivity contribution in [3.05, 3.63) is 89.6 Å². The highest BCUT2D eigenvalue weighted by Crippen LogP contribution is 2.26. The summed E-state index contributed by atoms with van der Waals surface area (Å²) in [5.74, 6) is 0.0889. The molecular formula is C25H25FN2O3. The van der Waals surface area contributed by atoms with Gasteiger partial charge in [0.05, 0.1) is 12.8 Å². The van der Waals surface area contributed by atoms with Gasteiger partial charge in [-0.25, -0.2) is 4.39 Å². The lowest BCUT2D eigenvalue weighted by molar-refractivity contribution is -0.123. The minimum Gasteiger partial charge on any atom is -0.467 e. The van der Waals surface area contributed by atoms with E-state index in [4.69, 9.17) is 4.42 Å². The molecule has 0 saturated carbocycles. The molecule has 2 amide bonds. The number of piperidine rings is 1. The Morgan fingerprint density at radius 1 is 1.03 bits per heavy atom. The van der Waals surface area contributed by atoms with E-state index >= 15 is 0 Å². The molecule has 0 bridgehead atoms. The minimum atomic E-state index is -0.367. The van der Waals surface area contributed by atoms with E-state index in [1.807, 2.05) is 43.3 Å². The number of likely N-dealkylation sites (tertiary alicyclic amines) is 1. The third-order valence-corrected chi connectivity index (χ3v) is 5.73. The third-order valence-electron chi connectivity index (χ3n) is 5.73. The first-order valence-corrected chi connectivity index (χ1v) is 10.5. The molecule has 2 aromatic carbocycles. The van der Waals surface area contributed by atoms with Crippen molar-refractivity contribution in [2.45, 2.75) is 26.3 Å². The van der Waals surface area contributed by atoms with Gasteiger partial charge >= 0.3 is 0 Å². The van der Waals surface area contributed by atoms with Crippen LogP contribution in [-0.2, 0) is 11.3 Å². The highest BCUT2D eigenvalue weighted by Gasteiger charge is 2.31. The van der Waals surface area contributed by atoms with Gasteiger partial charge in [0.25, 0.3) is 5.91 Å². The third kappa shape index (κ3) is 4.85. The number of benzene rings is 2. The van der Waals surface area contributed by atoms with Gasteiger partial charge in [-0.15, -0.1) is 0 Å². The fourth-order valence-corrected chi connectivity index (χ4v) is 3.90. The quantitative estimate of drug-likeness (QED) is 0.595. The molecule has 6 heteroatoms. The lowest BCUT2D eigenvalue weighted by Crippen LogP contribution is -2.44. The van der Waals surface area contributed by atoms with Crippen LogP contribution in [-0.4, -0.2) is 29.8 Å². The molecule has 1 aliphatic heterocycles. The molecule has 0 radical (unpaired) electrons. The van der Waals surface area contributed by atoms with E-state index in [0.29, 0.717) is 38.0 Å². The van der Waals surface area contributed by atoms with Crippen LogP contribution >= 0.6 is 0 Å². The van der Waals surface area contributed by atoms with Crippen LogP contribution in [0.4, 0.5) is 10.1 Å². The predicted molar refractivity (Wildman–Crippen MR) is 116 cm³/mol. The Hall–Kier alpha value is -3.41. The van der Waals surface area contributed by atoms with Crippen LogP contribution in [0.25, 0.3) is 0 Å². The summed E-state index contributed by atoms with van der Waals surface area (Å²) in [5, 5.41) is 0. The first kappa shape index (κ1) is 20.8. The number of halogens is 1. The van der Waals surface area contributed by atoms with Crippen molar-refractivity contribution in [3.63, 3.8) is 0 Å². The van der Waals surface area contributed by atoms with Gasteiger partial charge in [-0.1, -0.05) is 17.7 Å². The van der Waals surface area contributed by atoms with Crippen molar-refractivity contribution >= 4 is 17.5 Å². The number of carbonyl (C=O) groups excluding carboxylic acids is 2. The van der Waals surface area contributed by atoms with Crippen molar-refractivity contribution < 1.29 is 18.4 Å². The number of hydrogen-bond acceptors (Lipinski definition) is 3. The topological polar surface area (TPSA) is 53.8 Å². The molecule has 160 valence electrons. The Balaban J connectivity index is 1.45. The van der Waals surface area contributed by atoms with Gasteiger partial charge in [-0.2, -0.15) is 0 Å². The average molecular weight is 420 g/mol. The van der Waals surface area contributed by atoms with Crippen molar-refractivity contribution in [1.29, 1.82) is 0 Å². The van der Waals surface area contributed by atoms with Crippen molar-refractivity contribution in [3.8, 4) is 0 Å². The molecule has 0 N–H and O–H groups in total. The lowest BCUT2D eigenvalue weighted by Gasteiger charge is -2.34. The van der Waals surface area contributed by atoms with Crippen LogP contribution in [0.2, 0.25) is 0 Å². The normalized spacial score (nSPS) is 14.5. The van der Waals surface area contributed by atoms with E-state index in [-0.39, 0.29) is 23.5 Å². The van der Waals surface area contributed by atoms with Crippen LogP contribution in [0, 0.1) is 18.7 Å². The molecule has 5 nitrogen and oxygen atoms in total. The Bertz CT molecular complexity index is 1020. The molecule has 0 atom stereocenters. The summed E-state index contributed by atoms with van der Waals surface area (Å²) in [6.45, 7) is 3.37. The van der Waals surface area contributed by atoms with E-state index < -0.39 is 0 Å². The second kappa shape index (κ2) is 9.16. The van der Waals surface area contributed by atoms with Gasteiger partial charge in [0.15, 0.2) is 0 Å². The summed E-state index contributed by atoms with van der Waals surface area (Å²) >= 11 is 0. The molecule has 1 saturated heterocycles. The van der Waals surface area contributed by atoms with Crippen molar-refractivity contribution in [2.24, 2.45) is 5.92 Å². The van der Waals surface area contributed by atoms with Crippen LogP contribution in [0.3, 0.4) is 0 Å². The maximum absolute atomic E-state index is 13.4. The number of carbonyl (C=O) groups is 2. The number of nitrogens with zero attached hydrogens (tertiary/aromatic N) is 2. The maximum atomic E-state index is 13.4. The summed E-state index contributed by atoms with van der Waals surface area (Å²) in [4.78, 5) is 29.6. The first-order valence-electron chi connectivity index (χ1n) is 10.5. The average Bonchev–Trinajstić information content (AvgIpc) is 3.31. The van der Waals surface area contributed by atoms with Crippen LogP contribution in [0.1, 0.15) is 34.5 Å². The zero-order valence-corrected chi connectivity index (χ0v) is 17.5. The summed E-state index contributed by atoms with van der Waals surface area (Å²) in [6, 6.07) is 17.1. The molecule has 0 unspecified atom stereocenters. The number of rotatable bonds is 5. The zero-order chi connectivity index (χ0) is 21.8. The predicted octanol–water partition coefficient (Wildman–Crippen LogP) is 4.81. The minimum absolute atomic E-state index is 0.0362. The first-order chi connectivity index (χ1) is 15.0. The highest BCUT2D eigenvalue weighted by molar-refractivity contribution is 5.96. The molecule has 1 aliphatic rings. The molecular weight excluding hydrogens is 395 g/mol. The van der Waals surface area contributed by atoms with E-state index in [2.05, 4.69) is 0 Å². The number of anilines is 1. The molecule has 3 aromatic rings. The van der Waals surface area contributed by atoms with Gasteiger partial charge in [-0.3, -0.25) is 9.59 Å². The fourth-order valence-electron chi connectivity index (χ4n) is 3.90. The SMILES string of the molecule is Cc1ccc(N(Cc2ccco2)C(=O)C2CCN(C(=O)c3ccc(F)cc3)CC2)cc1.